The number of aromatic nitrogens is 3. The maximum absolute atomic E-state index is 12.3. The van der Waals surface area contributed by atoms with Gasteiger partial charge >= 0.3 is 0 Å². The van der Waals surface area contributed by atoms with Crippen molar-refractivity contribution in [2.75, 3.05) is 32.1 Å². The predicted octanol–water partition coefficient (Wildman–Crippen LogP) is 3.94. The number of fused-ring (bicyclic) bond motifs is 3. The number of anilines is 1. The van der Waals surface area contributed by atoms with E-state index in [1.807, 2.05) is 19.1 Å². The second-order valence-electron chi connectivity index (χ2n) is 11.2. The van der Waals surface area contributed by atoms with Gasteiger partial charge in [0.15, 0.2) is 5.65 Å². The number of pyridine rings is 1. The number of aromatic amines is 1. The molecule has 39 heavy (non-hydrogen) atoms. The number of carbonyl (C=O) groups is 1. The zero-order chi connectivity index (χ0) is 27.3. The van der Waals surface area contributed by atoms with E-state index in [9.17, 15) is 9.90 Å². The Morgan fingerprint density at radius 2 is 2.08 bits per heavy atom. The molecular formula is C29H35ClN6O3. The third-order valence-electron chi connectivity index (χ3n) is 8.63. The zero-order valence-corrected chi connectivity index (χ0v) is 23.0. The van der Waals surface area contributed by atoms with E-state index in [1.54, 1.807) is 13.3 Å². The maximum Gasteiger partial charge on any atom is 0.223 e. The molecule has 1 aliphatic heterocycles. The molecular weight excluding hydrogens is 516 g/mol. The summed E-state index contributed by atoms with van der Waals surface area (Å²) in [5, 5.41) is 13.8. The number of primary amides is 1. The molecule has 0 unspecified atom stereocenters. The van der Waals surface area contributed by atoms with Crippen molar-refractivity contribution in [2.45, 2.75) is 44.2 Å². The molecule has 9 nitrogen and oxygen atoms in total. The molecule has 5 N–H and O–H groups in total. The van der Waals surface area contributed by atoms with Gasteiger partial charge in [-0.25, -0.2) is 9.97 Å². The van der Waals surface area contributed by atoms with E-state index in [2.05, 4.69) is 38.4 Å². The maximum atomic E-state index is 12.3. The van der Waals surface area contributed by atoms with Crippen LogP contribution in [0.1, 0.15) is 37.7 Å². The van der Waals surface area contributed by atoms with Gasteiger partial charge in [0.2, 0.25) is 5.91 Å². The molecule has 0 spiro atoms. The van der Waals surface area contributed by atoms with Gasteiger partial charge in [-0.3, -0.25) is 4.79 Å². The minimum absolute atomic E-state index is 0.135. The third-order valence-corrected chi connectivity index (χ3v) is 8.92. The van der Waals surface area contributed by atoms with Crippen LogP contribution in [-0.2, 0) is 4.79 Å². The predicted molar refractivity (Wildman–Crippen MR) is 152 cm³/mol. The molecule has 3 aliphatic rings. The van der Waals surface area contributed by atoms with Gasteiger partial charge in [0.05, 0.1) is 36.0 Å². The van der Waals surface area contributed by atoms with Crippen LogP contribution in [0.3, 0.4) is 0 Å². The highest BCUT2D eigenvalue weighted by atomic mass is 35.5. The Morgan fingerprint density at radius 3 is 2.79 bits per heavy atom. The summed E-state index contributed by atoms with van der Waals surface area (Å²) in [5.74, 6) is 1.65. The van der Waals surface area contributed by atoms with E-state index in [1.165, 1.54) is 5.56 Å². The first-order valence-electron chi connectivity index (χ1n) is 13.7. The monoisotopic (exact) mass is 550 g/mol. The summed E-state index contributed by atoms with van der Waals surface area (Å²) in [6.45, 7) is 4.38. The van der Waals surface area contributed by atoms with Crippen molar-refractivity contribution in [1.82, 2.24) is 19.9 Å². The second kappa shape index (κ2) is 10.4. The average Bonchev–Trinajstić information content (AvgIpc) is 3.65. The highest BCUT2D eigenvalue weighted by Gasteiger charge is 2.47. The number of piperidine rings is 1. The summed E-state index contributed by atoms with van der Waals surface area (Å²) in [7, 11) is 1.68. The molecule has 0 radical (unpaired) electrons. The number of ether oxygens (including phenoxy) is 1. The van der Waals surface area contributed by atoms with Gasteiger partial charge in [-0.05, 0) is 80.8 Å². The van der Waals surface area contributed by atoms with Crippen LogP contribution in [0.5, 0.6) is 5.75 Å². The Balaban J connectivity index is 1.34. The summed E-state index contributed by atoms with van der Waals surface area (Å²) in [6.07, 6.45) is 8.43. The molecule has 2 aromatic heterocycles. The van der Waals surface area contributed by atoms with Crippen LogP contribution < -0.4 is 15.8 Å². The van der Waals surface area contributed by atoms with Crippen LogP contribution in [0.25, 0.3) is 22.6 Å². The van der Waals surface area contributed by atoms with Crippen molar-refractivity contribution in [3.63, 3.8) is 0 Å². The summed E-state index contributed by atoms with van der Waals surface area (Å²) in [6, 6.07) is 5.97. The van der Waals surface area contributed by atoms with Crippen molar-refractivity contribution >= 4 is 34.4 Å². The Kier molecular flexibility index (Phi) is 6.99. The number of nitrogens with two attached hydrogens (primary N) is 1. The normalized spacial score (nSPS) is 25.8. The minimum atomic E-state index is -0.333. The average molecular weight is 551 g/mol. The van der Waals surface area contributed by atoms with Crippen LogP contribution in [0.2, 0.25) is 5.02 Å². The van der Waals surface area contributed by atoms with Gasteiger partial charge in [0.25, 0.3) is 0 Å². The molecule has 2 bridgehead atoms. The largest absolute Gasteiger partial charge is 0.497 e. The fourth-order valence-electron chi connectivity index (χ4n) is 6.79. The Morgan fingerprint density at radius 1 is 1.31 bits per heavy atom. The Labute approximate surface area is 232 Å². The van der Waals surface area contributed by atoms with Crippen LogP contribution in [-0.4, -0.2) is 69.8 Å². The number of H-pyrrole nitrogens is 1. The lowest BCUT2D eigenvalue weighted by Crippen LogP contribution is -2.41. The smallest absolute Gasteiger partial charge is 0.223 e. The molecule has 206 valence electrons. The van der Waals surface area contributed by atoms with E-state index in [-0.39, 0.29) is 35.8 Å². The molecule has 3 heterocycles. The highest BCUT2D eigenvalue weighted by Crippen LogP contribution is 2.46. The number of aliphatic hydroxyl groups excluding tert-OH is 1. The topological polar surface area (TPSA) is 129 Å². The summed E-state index contributed by atoms with van der Waals surface area (Å²) in [5.41, 5.74) is 9.91. The minimum Gasteiger partial charge on any atom is -0.497 e. The molecule has 2 aliphatic carbocycles. The number of halogens is 1. The number of carbonyl (C=O) groups excluding carboxylic acids is 1. The molecule has 3 aromatic rings. The number of imidazole rings is 1. The molecule has 1 aromatic carbocycles. The third kappa shape index (κ3) is 4.88. The summed E-state index contributed by atoms with van der Waals surface area (Å²) in [4.78, 5) is 27.6. The van der Waals surface area contributed by atoms with Crippen LogP contribution in [0, 0.1) is 17.8 Å². The summed E-state index contributed by atoms with van der Waals surface area (Å²) >= 11 is 6.66. The van der Waals surface area contributed by atoms with Gasteiger partial charge in [-0.1, -0.05) is 23.8 Å². The molecule has 10 heteroatoms. The van der Waals surface area contributed by atoms with Gasteiger partial charge in [-0.2, -0.15) is 0 Å². The van der Waals surface area contributed by atoms with Crippen molar-refractivity contribution in [1.29, 1.82) is 0 Å². The zero-order valence-electron chi connectivity index (χ0n) is 22.2. The number of rotatable bonds is 8. The SMILES string of the molecule is COc1ccc(-c2nc3c(N[C@H]4[C@@H](C(N)=O)[C@@H]5C=C[C@H]4C5)c(Cl)cnc3[nH]2)c(C2CCN(C[C@@H](C)O)CC2)c1. The first kappa shape index (κ1) is 26.1. The molecule has 1 amide bonds. The molecule has 2 fully saturated rings. The number of nitrogens with zero attached hydrogens (tertiary/aromatic N) is 3. The number of β-amino-alcohol motifs (C(OH)–C–C–N with tert-alkyl or cyclic N) is 1. The van der Waals surface area contributed by atoms with Crippen molar-refractivity contribution in [2.24, 2.45) is 23.5 Å². The second-order valence-corrected chi connectivity index (χ2v) is 11.6. The number of allylic oxidation sites excluding steroid dienone is 1. The van der Waals surface area contributed by atoms with Crippen molar-refractivity contribution in [3.05, 3.63) is 47.1 Å². The number of benzene rings is 1. The first-order chi connectivity index (χ1) is 18.8. The Bertz CT molecular complexity index is 1410. The number of methoxy groups -OCH3 is 1. The molecule has 6 rings (SSSR count). The van der Waals surface area contributed by atoms with Crippen LogP contribution in [0.15, 0.2) is 36.5 Å². The van der Waals surface area contributed by atoms with Crippen LogP contribution in [0.4, 0.5) is 5.69 Å². The molecule has 1 saturated heterocycles. The van der Waals surface area contributed by atoms with Gasteiger partial charge in [-0.15, -0.1) is 0 Å². The number of amides is 1. The number of hydrogen-bond donors (Lipinski definition) is 4. The van der Waals surface area contributed by atoms with Crippen molar-refractivity contribution < 1.29 is 14.6 Å². The summed E-state index contributed by atoms with van der Waals surface area (Å²) < 4.78 is 5.57. The van der Waals surface area contributed by atoms with Gasteiger partial charge in [0, 0.05) is 18.2 Å². The highest BCUT2D eigenvalue weighted by molar-refractivity contribution is 6.34. The van der Waals surface area contributed by atoms with E-state index >= 15 is 0 Å². The lowest BCUT2D eigenvalue weighted by atomic mass is 9.86. The fraction of sp³-hybridized carbons (Fsp3) is 0.483. The van der Waals surface area contributed by atoms with Crippen LogP contribution >= 0.6 is 11.6 Å². The van der Waals surface area contributed by atoms with E-state index in [4.69, 9.17) is 27.1 Å². The first-order valence-corrected chi connectivity index (χ1v) is 14.1. The van der Waals surface area contributed by atoms with Crippen molar-refractivity contribution in [3.8, 4) is 17.1 Å². The molecule has 1 saturated carbocycles. The number of nitrogens with one attached hydrogen (secondary N) is 2. The lowest BCUT2D eigenvalue weighted by Gasteiger charge is -2.33. The van der Waals surface area contributed by atoms with E-state index in [0.29, 0.717) is 40.2 Å². The number of likely N-dealkylation sites (tertiary alicyclic amines) is 1. The van der Waals surface area contributed by atoms with E-state index in [0.717, 1.165) is 43.7 Å². The fourth-order valence-corrected chi connectivity index (χ4v) is 6.98. The Hall–Kier alpha value is -3.14. The standard InChI is InChI=1S/C29H35ClN6O3/c1-15(37)14-36-9-7-16(8-10-36)21-12-19(39-2)5-6-20(21)28-34-26-25(22(30)13-32-29(26)35-28)33-24-18-4-3-17(11-18)23(24)27(31)38/h3-6,12-13,15-18,23-24,37H,7-11,14H2,1-2H3,(H2,31,38)(H2,32,33,34,35)/t15-,17-,18+,23+,24-/m1/s1. The van der Waals surface area contributed by atoms with Gasteiger partial charge in [0.1, 0.15) is 17.1 Å². The van der Waals surface area contributed by atoms with E-state index < -0.39 is 0 Å². The quantitative estimate of drug-likeness (QED) is 0.313. The molecule has 5 atom stereocenters. The number of aliphatic hydroxyl groups is 1. The van der Waals surface area contributed by atoms with Gasteiger partial charge < -0.3 is 30.8 Å². The lowest BCUT2D eigenvalue weighted by molar-refractivity contribution is -0.122. The number of hydrogen-bond acceptors (Lipinski definition) is 7.